The third-order valence-electron chi connectivity index (χ3n) is 1.85. The fraction of sp³-hybridized carbons (Fsp3) is 0.300. The highest BCUT2D eigenvalue weighted by molar-refractivity contribution is 6.31. The Labute approximate surface area is 93.0 Å². The summed E-state index contributed by atoms with van der Waals surface area (Å²) in [6.45, 7) is -0.00154. The summed E-state index contributed by atoms with van der Waals surface area (Å²) in [5, 5.41) is 11.7. The predicted octanol–water partition coefficient (Wildman–Crippen LogP) is 1.63. The van der Waals surface area contributed by atoms with Gasteiger partial charge in [0.25, 0.3) is 0 Å². The number of hydrogen-bond acceptors (Lipinski definition) is 3. The van der Waals surface area contributed by atoms with Crippen molar-refractivity contribution in [2.24, 2.45) is 0 Å². The van der Waals surface area contributed by atoms with Gasteiger partial charge in [-0.05, 0) is 24.6 Å². The summed E-state index contributed by atoms with van der Waals surface area (Å²) >= 11 is 5.76. The Balaban J connectivity index is 2.63. The number of hydrogen-bond donors (Lipinski definition) is 3. The van der Waals surface area contributed by atoms with Crippen LogP contribution in [-0.4, -0.2) is 17.6 Å². The quantitative estimate of drug-likeness (QED) is 0.686. The van der Waals surface area contributed by atoms with Gasteiger partial charge in [-0.15, -0.1) is 0 Å². The van der Waals surface area contributed by atoms with Crippen LogP contribution in [0, 0.1) is 0 Å². The number of nitrogen functional groups attached to an aromatic ring is 1. The van der Waals surface area contributed by atoms with Crippen LogP contribution in [0.4, 0.5) is 11.4 Å². The highest BCUT2D eigenvalue weighted by atomic mass is 35.5. The number of nitrogens with two attached hydrogens (primary N) is 1. The van der Waals surface area contributed by atoms with Crippen LogP contribution in [0.5, 0.6) is 0 Å². The zero-order valence-electron chi connectivity index (χ0n) is 8.16. The minimum atomic E-state index is -0.182. The average molecular weight is 229 g/mol. The maximum atomic E-state index is 11.3. The molecule has 4 N–H and O–H groups in total. The minimum Gasteiger partial charge on any atom is -0.397 e. The number of aliphatic hydroxyl groups is 1. The van der Waals surface area contributed by atoms with Crippen molar-refractivity contribution in [3.8, 4) is 0 Å². The molecule has 0 heterocycles. The van der Waals surface area contributed by atoms with Crippen molar-refractivity contribution >= 4 is 28.9 Å². The Kier molecular flexibility index (Phi) is 4.39. The van der Waals surface area contributed by atoms with Crippen molar-refractivity contribution in [3.05, 3.63) is 23.2 Å². The van der Waals surface area contributed by atoms with E-state index in [0.717, 1.165) is 0 Å². The van der Waals surface area contributed by atoms with Crippen LogP contribution >= 0.6 is 11.6 Å². The molecule has 0 unspecified atom stereocenters. The van der Waals surface area contributed by atoms with Crippen molar-refractivity contribution in [1.82, 2.24) is 0 Å². The van der Waals surface area contributed by atoms with E-state index in [2.05, 4.69) is 5.32 Å². The zero-order chi connectivity index (χ0) is 11.3. The fourth-order valence-corrected chi connectivity index (χ4v) is 1.26. The molecular formula is C10H13ClN2O2. The summed E-state index contributed by atoms with van der Waals surface area (Å²) < 4.78 is 0. The van der Waals surface area contributed by atoms with E-state index in [9.17, 15) is 4.79 Å². The second-order valence-corrected chi connectivity index (χ2v) is 3.54. The normalized spacial score (nSPS) is 10.0. The van der Waals surface area contributed by atoms with Gasteiger partial charge in [0, 0.05) is 18.1 Å². The molecule has 0 spiro atoms. The second-order valence-electron chi connectivity index (χ2n) is 3.11. The first-order chi connectivity index (χ1) is 7.13. The monoisotopic (exact) mass is 228 g/mol. The van der Waals surface area contributed by atoms with E-state index in [0.29, 0.717) is 22.8 Å². The summed E-state index contributed by atoms with van der Waals surface area (Å²) in [4.78, 5) is 11.3. The molecule has 15 heavy (non-hydrogen) atoms. The van der Waals surface area contributed by atoms with Crippen molar-refractivity contribution in [3.63, 3.8) is 0 Å². The Hall–Kier alpha value is -1.26. The predicted molar refractivity (Wildman–Crippen MR) is 60.8 cm³/mol. The molecule has 0 atom stereocenters. The highest BCUT2D eigenvalue weighted by Crippen LogP contribution is 2.22. The second kappa shape index (κ2) is 5.58. The molecule has 1 aromatic rings. The number of halogens is 1. The van der Waals surface area contributed by atoms with Gasteiger partial charge in [-0.3, -0.25) is 4.79 Å². The van der Waals surface area contributed by atoms with Gasteiger partial charge in [0.15, 0.2) is 0 Å². The molecule has 0 saturated carbocycles. The van der Waals surface area contributed by atoms with E-state index in [1.54, 1.807) is 18.2 Å². The van der Waals surface area contributed by atoms with Crippen LogP contribution in [0.2, 0.25) is 5.02 Å². The van der Waals surface area contributed by atoms with Gasteiger partial charge < -0.3 is 16.2 Å². The van der Waals surface area contributed by atoms with Crippen molar-refractivity contribution in [1.29, 1.82) is 0 Å². The number of carbonyl (C=O) groups is 1. The molecule has 5 heteroatoms. The molecular weight excluding hydrogens is 216 g/mol. The van der Waals surface area contributed by atoms with Crippen LogP contribution in [0.25, 0.3) is 0 Å². The van der Waals surface area contributed by atoms with Gasteiger partial charge in [0.2, 0.25) is 5.91 Å². The number of carbonyl (C=O) groups excluding carboxylic acids is 1. The molecule has 82 valence electrons. The van der Waals surface area contributed by atoms with E-state index < -0.39 is 0 Å². The fourth-order valence-electron chi connectivity index (χ4n) is 1.09. The van der Waals surface area contributed by atoms with Gasteiger partial charge in [0.1, 0.15) is 0 Å². The minimum absolute atomic E-state index is 0.00154. The van der Waals surface area contributed by atoms with Gasteiger partial charge in [0.05, 0.1) is 11.4 Å². The number of rotatable bonds is 4. The third-order valence-corrected chi connectivity index (χ3v) is 2.09. The van der Waals surface area contributed by atoms with Gasteiger partial charge in [-0.25, -0.2) is 0 Å². The summed E-state index contributed by atoms with van der Waals surface area (Å²) in [5.41, 5.74) is 6.62. The molecule has 0 bridgehead atoms. The van der Waals surface area contributed by atoms with Crippen molar-refractivity contribution in [2.45, 2.75) is 12.8 Å². The summed E-state index contributed by atoms with van der Waals surface area (Å²) in [6.07, 6.45) is 0.703. The van der Waals surface area contributed by atoms with Gasteiger partial charge >= 0.3 is 0 Å². The lowest BCUT2D eigenvalue weighted by Gasteiger charge is -2.07. The van der Waals surface area contributed by atoms with Crippen LogP contribution in [-0.2, 0) is 4.79 Å². The molecule has 0 fully saturated rings. The lowest BCUT2D eigenvalue weighted by atomic mass is 10.2. The largest absolute Gasteiger partial charge is 0.397 e. The highest BCUT2D eigenvalue weighted by Gasteiger charge is 2.05. The lowest BCUT2D eigenvalue weighted by molar-refractivity contribution is -0.116. The van der Waals surface area contributed by atoms with E-state index in [4.69, 9.17) is 22.4 Å². The standard InChI is InChI=1S/C10H13ClN2O2/c11-7-3-4-8(12)9(6-7)13-10(15)2-1-5-14/h3-4,6,14H,1-2,5,12H2,(H,13,15). The molecule has 0 aromatic heterocycles. The molecule has 0 aliphatic heterocycles. The topological polar surface area (TPSA) is 75.3 Å². The smallest absolute Gasteiger partial charge is 0.224 e. The van der Waals surface area contributed by atoms with E-state index >= 15 is 0 Å². The summed E-state index contributed by atoms with van der Waals surface area (Å²) in [6, 6.07) is 4.87. The van der Waals surface area contributed by atoms with Crippen molar-refractivity contribution < 1.29 is 9.90 Å². The molecule has 1 aromatic carbocycles. The van der Waals surface area contributed by atoms with E-state index in [-0.39, 0.29) is 18.9 Å². The first-order valence-corrected chi connectivity index (χ1v) is 4.97. The number of nitrogens with one attached hydrogen (secondary N) is 1. The molecule has 0 aliphatic carbocycles. The van der Waals surface area contributed by atoms with E-state index in [1.165, 1.54) is 0 Å². The number of aliphatic hydroxyl groups excluding tert-OH is 1. The summed E-state index contributed by atoms with van der Waals surface area (Å²) in [7, 11) is 0. The van der Waals surface area contributed by atoms with Crippen LogP contribution in [0.1, 0.15) is 12.8 Å². The number of benzene rings is 1. The van der Waals surface area contributed by atoms with Crippen molar-refractivity contribution in [2.75, 3.05) is 17.7 Å². The van der Waals surface area contributed by atoms with E-state index in [1.807, 2.05) is 0 Å². The molecule has 0 aliphatic rings. The molecule has 1 rings (SSSR count). The maximum absolute atomic E-state index is 11.3. The Morgan fingerprint density at radius 1 is 1.53 bits per heavy atom. The average Bonchev–Trinajstić information content (AvgIpc) is 2.20. The number of amides is 1. The first-order valence-electron chi connectivity index (χ1n) is 4.59. The molecule has 4 nitrogen and oxygen atoms in total. The summed E-state index contributed by atoms with van der Waals surface area (Å²) in [5.74, 6) is -0.182. The van der Waals surface area contributed by atoms with Crippen LogP contribution in [0.3, 0.4) is 0 Å². The first kappa shape index (κ1) is 11.8. The Morgan fingerprint density at radius 2 is 2.27 bits per heavy atom. The van der Waals surface area contributed by atoms with Crippen LogP contribution < -0.4 is 11.1 Å². The number of anilines is 2. The molecule has 0 radical (unpaired) electrons. The van der Waals surface area contributed by atoms with Gasteiger partial charge in [-0.1, -0.05) is 11.6 Å². The Morgan fingerprint density at radius 3 is 2.93 bits per heavy atom. The lowest BCUT2D eigenvalue weighted by Crippen LogP contribution is -2.13. The van der Waals surface area contributed by atoms with Crippen LogP contribution in [0.15, 0.2) is 18.2 Å². The zero-order valence-corrected chi connectivity index (χ0v) is 8.92. The Bertz CT molecular complexity index is 355. The maximum Gasteiger partial charge on any atom is 0.224 e. The SMILES string of the molecule is Nc1ccc(Cl)cc1NC(=O)CCCO. The molecule has 0 saturated heterocycles. The third kappa shape index (κ3) is 3.77. The molecule has 1 amide bonds. The van der Waals surface area contributed by atoms with Gasteiger partial charge in [-0.2, -0.15) is 0 Å².